The number of nitrogens with zero attached hydrogens (tertiary/aromatic N) is 2. The van der Waals surface area contributed by atoms with Gasteiger partial charge in [0, 0.05) is 5.56 Å². The topological polar surface area (TPSA) is 34.9 Å². The van der Waals surface area contributed by atoms with Crippen molar-refractivity contribution in [3.05, 3.63) is 65.5 Å². The van der Waals surface area contributed by atoms with Gasteiger partial charge in [-0.25, -0.2) is 4.98 Å². The van der Waals surface area contributed by atoms with Crippen molar-refractivity contribution in [2.75, 3.05) is 0 Å². The molecule has 0 saturated carbocycles. The van der Waals surface area contributed by atoms with Crippen molar-refractivity contribution < 1.29 is 4.79 Å². The number of carbonyl (C=O) groups excluding carboxylic acids is 1. The Morgan fingerprint density at radius 1 is 1.10 bits per heavy atom. The van der Waals surface area contributed by atoms with E-state index in [1.54, 1.807) is 6.33 Å². The van der Waals surface area contributed by atoms with Gasteiger partial charge in [-0.15, -0.1) is 0 Å². The van der Waals surface area contributed by atoms with E-state index in [2.05, 4.69) is 17.1 Å². The third-order valence-corrected chi connectivity index (χ3v) is 4.26. The lowest BCUT2D eigenvalue weighted by atomic mass is 10.0. The molecule has 2 aromatic carbocycles. The van der Waals surface area contributed by atoms with Gasteiger partial charge < -0.3 is 4.57 Å². The van der Waals surface area contributed by atoms with Crippen molar-refractivity contribution in [3.8, 4) is 0 Å². The summed E-state index contributed by atoms with van der Waals surface area (Å²) in [4.78, 5) is 16.8. The predicted molar refractivity (Wildman–Crippen MR) is 82.5 cm³/mol. The van der Waals surface area contributed by atoms with Crippen molar-refractivity contribution in [2.24, 2.45) is 0 Å². The number of aryl methyl sites for hydroxylation is 2. The first-order chi connectivity index (χ1) is 10.3. The second-order valence-electron chi connectivity index (χ2n) is 5.62. The summed E-state index contributed by atoms with van der Waals surface area (Å²) < 4.78 is 1.92. The van der Waals surface area contributed by atoms with E-state index in [-0.39, 0.29) is 5.78 Å². The van der Waals surface area contributed by atoms with E-state index in [1.165, 1.54) is 17.5 Å². The van der Waals surface area contributed by atoms with E-state index in [0.717, 1.165) is 29.4 Å². The highest BCUT2D eigenvalue weighted by atomic mass is 16.1. The van der Waals surface area contributed by atoms with Crippen LogP contribution in [0.4, 0.5) is 0 Å². The minimum atomic E-state index is 0.146. The summed E-state index contributed by atoms with van der Waals surface area (Å²) in [7, 11) is 0. The molecule has 3 aromatic rings. The number of Topliss-reactive ketones (excluding diaryl/α,β-unsaturated/α-hetero) is 1. The number of para-hydroxylation sites is 2. The first kappa shape index (κ1) is 12.3. The van der Waals surface area contributed by atoms with E-state index in [9.17, 15) is 4.79 Å². The molecule has 0 atom stereocenters. The molecule has 21 heavy (non-hydrogen) atoms. The monoisotopic (exact) mass is 276 g/mol. The van der Waals surface area contributed by atoms with Crippen LogP contribution in [0.15, 0.2) is 48.8 Å². The van der Waals surface area contributed by atoms with Crippen LogP contribution in [-0.4, -0.2) is 15.3 Å². The SMILES string of the molecule is O=C(Cn1cnc2ccccc21)c1ccc2c(c1)CCC2. The number of fused-ring (bicyclic) bond motifs is 2. The van der Waals surface area contributed by atoms with Gasteiger partial charge in [0.25, 0.3) is 0 Å². The fourth-order valence-electron chi connectivity index (χ4n) is 3.13. The number of aromatic nitrogens is 2. The number of benzene rings is 2. The quantitative estimate of drug-likeness (QED) is 0.687. The zero-order valence-corrected chi connectivity index (χ0v) is 11.7. The number of carbonyl (C=O) groups is 1. The molecule has 3 heteroatoms. The lowest BCUT2D eigenvalue weighted by molar-refractivity contribution is 0.0973. The Kier molecular flexibility index (Phi) is 2.85. The Morgan fingerprint density at radius 2 is 1.95 bits per heavy atom. The van der Waals surface area contributed by atoms with Crippen LogP contribution in [0.1, 0.15) is 27.9 Å². The van der Waals surface area contributed by atoms with Crippen molar-refractivity contribution in [2.45, 2.75) is 25.8 Å². The van der Waals surface area contributed by atoms with Gasteiger partial charge in [0.2, 0.25) is 0 Å². The molecule has 0 unspecified atom stereocenters. The van der Waals surface area contributed by atoms with Crippen LogP contribution in [0.2, 0.25) is 0 Å². The lowest BCUT2D eigenvalue weighted by Crippen LogP contribution is -2.10. The second-order valence-corrected chi connectivity index (χ2v) is 5.62. The predicted octanol–water partition coefficient (Wildman–Crippen LogP) is 3.41. The Bertz CT molecular complexity index is 832. The Labute approximate surface area is 123 Å². The minimum Gasteiger partial charge on any atom is -0.323 e. The summed E-state index contributed by atoms with van der Waals surface area (Å²) in [6, 6.07) is 14.0. The fraction of sp³-hybridized carbons (Fsp3) is 0.222. The molecule has 0 N–H and O–H groups in total. The highest BCUT2D eigenvalue weighted by Crippen LogP contribution is 2.23. The highest BCUT2D eigenvalue weighted by molar-refractivity contribution is 5.97. The zero-order chi connectivity index (χ0) is 14.2. The highest BCUT2D eigenvalue weighted by Gasteiger charge is 2.14. The van der Waals surface area contributed by atoms with Gasteiger partial charge in [0.05, 0.1) is 23.9 Å². The summed E-state index contributed by atoms with van der Waals surface area (Å²) in [5.41, 5.74) is 5.50. The third-order valence-electron chi connectivity index (χ3n) is 4.26. The normalized spacial score (nSPS) is 13.5. The smallest absolute Gasteiger partial charge is 0.182 e. The molecule has 1 aromatic heterocycles. The summed E-state index contributed by atoms with van der Waals surface area (Å²) in [5, 5.41) is 0. The number of hydrogen-bond donors (Lipinski definition) is 0. The van der Waals surface area contributed by atoms with E-state index < -0.39 is 0 Å². The molecule has 0 spiro atoms. The molecule has 0 radical (unpaired) electrons. The molecule has 104 valence electrons. The van der Waals surface area contributed by atoms with Crippen LogP contribution in [0.5, 0.6) is 0 Å². The molecule has 4 rings (SSSR count). The van der Waals surface area contributed by atoms with Crippen molar-refractivity contribution >= 4 is 16.8 Å². The standard InChI is InChI=1S/C18H16N2O/c21-18(15-9-8-13-4-3-5-14(13)10-15)11-20-12-19-16-6-1-2-7-17(16)20/h1-2,6-10,12H,3-5,11H2. The van der Waals surface area contributed by atoms with Crippen molar-refractivity contribution in [1.82, 2.24) is 9.55 Å². The summed E-state index contributed by atoms with van der Waals surface area (Å²) >= 11 is 0. The van der Waals surface area contributed by atoms with Crippen LogP contribution in [0.25, 0.3) is 11.0 Å². The number of imidazole rings is 1. The van der Waals surface area contributed by atoms with Crippen LogP contribution >= 0.6 is 0 Å². The third kappa shape index (κ3) is 2.15. The van der Waals surface area contributed by atoms with Gasteiger partial charge in [-0.2, -0.15) is 0 Å². The Morgan fingerprint density at radius 3 is 2.90 bits per heavy atom. The molecular formula is C18H16N2O. The minimum absolute atomic E-state index is 0.146. The second kappa shape index (κ2) is 4.85. The maximum Gasteiger partial charge on any atom is 0.182 e. The van der Waals surface area contributed by atoms with Gasteiger partial charge in [-0.1, -0.05) is 24.3 Å². The zero-order valence-electron chi connectivity index (χ0n) is 11.7. The molecule has 1 heterocycles. The largest absolute Gasteiger partial charge is 0.323 e. The molecule has 1 aliphatic rings. The Balaban J connectivity index is 1.63. The van der Waals surface area contributed by atoms with E-state index in [0.29, 0.717) is 6.54 Å². The number of hydrogen-bond acceptors (Lipinski definition) is 2. The molecule has 3 nitrogen and oxygen atoms in total. The molecular weight excluding hydrogens is 260 g/mol. The van der Waals surface area contributed by atoms with Gasteiger partial charge in [-0.05, 0) is 48.6 Å². The molecule has 1 aliphatic carbocycles. The Hall–Kier alpha value is -2.42. The molecule has 0 fully saturated rings. The first-order valence-electron chi connectivity index (χ1n) is 7.36. The van der Waals surface area contributed by atoms with Crippen LogP contribution < -0.4 is 0 Å². The fourth-order valence-corrected chi connectivity index (χ4v) is 3.13. The first-order valence-corrected chi connectivity index (χ1v) is 7.36. The lowest BCUT2D eigenvalue weighted by Gasteiger charge is -2.06. The van der Waals surface area contributed by atoms with Crippen LogP contribution in [0.3, 0.4) is 0 Å². The van der Waals surface area contributed by atoms with E-state index >= 15 is 0 Å². The molecule has 0 amide bonds. The maximum absolute atomic E-state index is 12.5. The average Bonchev–Trinajstić information content (AvgIpc) is 3.13. The van der Waals surface area contributed by atoms with Crippen molar-refractivity contribution in [1.29, 1.82) is 0 Å². The van der Waals surface area contributed by atoms with Crippen molar-refractivity contribution in [3.63, 3.8) is 0 Å². The maximum atomic E-state index is 12.5. The molecule has 0 bridgehead atoms. The number of ketones is 1. The van der Waals surface area contributed by atoms with Crippen LogP contribution in [0, 0.1) is 0 Å². The van der Waals surface area contributed by atoms with Gasteiger partial charge in [0.1, 0.15) is 0 Å². The van der Waals surface area contributed by atoms with Gasteiger partial charge in [0.15, 0.2) is 5.78 Å². The summed E-state index contributed by atoms with van der Waals surface area (Å²) in [5.74, 6) is 0.146. The summed E-state index contributed by atoms with van der Waals surface area (Å²) in [6.45, 7) is 0.347. The van der Waals surface area contributed by atoms with E-state index in [1.807, 2.05) is 34.9 Å². The van der Waals surface area contributed by atoms with Gasteiger partial charge in [-0.3, -0.25) is 4.79 Å². The average molecular weight is 276 g/mol. The van der Waals surface area contributed by atoms with Crippen LogP contribution in [-0.2, 0) is 19.4 Å². The molecule has 0 saturated heterocycles. The van der Waals surface area contributed by atoms with Gasteiger partial charge >= 0.3 is 0 Å². The van der Waals surface area contributed by atoms with E-state index in [4.69, 9.17) is 0 Å². The number of rotatable bonds is 3. The molecule has 0 aliphatic heterocycles. The summed E-state index contributed by atoms with van der Waals surface area (Å²) in [6.07, 6.45) is 5.20.